The monoisotopic (exact) mass is 156 g/mol. The van der Waals surface area contributed by atoms with Gasteiger partial charge in [-0.25, -0.2) is 8.78 Å². The van der Waals surface area contributed by atoms with Gasteiger partial charge < -0.3 is 0 Å². The van der Waals surface area contributed by atoms with E-state index in [-0.39, 0.29) is 11.1 Å². The average molecular weight is 156 g/mol. The molecule has 0 aromatic carbocycles. The quantitative estimate of drug-likeness (QED) is 0.404. The molecule has 0 N–H and O–H groups in total. The standard InChI is InChI=1S/C9H10F2/c1-5-7(4)9(11)8(10)6(2)3/h1H,2-4H3. The topological polar surface area (TPSA) is 0 Å². The van der Waals surface area contributed by atoms with Crippen molar-refractivity contribution in [2.24, 2.45) is 0 Å². The van der Waals surface area contributed by atoms with Gasteiger partial charge in [0.25, 0.3) is 0 Å². The molecule has 0 atom stereocenters. The zero-order valence-electron chi connectivity index (χ0n) is 6.83. The van der Waals surface area contributed by atoms with Crippen molar-refractivity contribution in [3.8, 4) is 12.3 Å². The van der Waals surface area contributed by atoms with Crippen LogP contribution in [0.3, 0.4) is 0 Å². The fourth-order valence-electron chi connectivity index (χ4n) is 0.447. The van der Waals surface area contributed by atoms with Crippen molar-refractivity contribution in [2.45, 2.75) is 20.8 Å². The lowest BCUT2D eigenvalue weighted by Gasteiger charge is -1.96. The third-order valence-electron chi connectivity index (χ3n) is 1.18. The second-order valence-electron chi connectivity index (χ2n) is 2.40. The first-order chi connectivity index (χ1) is 5.00. The Hall–Kier alpha value is -1.10. The summed E-state index contributed by atoms with van der Waals surface area (Å²) >= 11 is 0. The summed E-state index contributed by atoms with van der Waals surface area (Å²) in [5, 5.41) is 0. The maximum atomic E-state index is 12.7. The van der Waals surface area contributed by atoms with E-state index in [1.54, 1.807) is 0 Å². The van der Waals surface area contributed by atoms with E-state index in [1.165, 1.54) is 20.8 Å². The van der Waals surface area contributed by atoms with Crippen LogP contribution in [0.4, 0.5) is 8.78 Å². The van der Waals surface area contributed by atoms with E-state index in [1.807, 2.05) is 5.92 Å². The van der Waals surface area contributed by atoms with Crippen LogP contribution in [0.2, 0.25) is 0 Å². The van der Waals surface area contributed by atoms with Gasteiger partial charge in [-0.05, 0) is 26.3 Å². The Kier molecular flexibility index (Phi) is 3.53. The molecule has 2 heteroatoms. The lowest BCUT2D eigenvalue weighted by atomic mass is 10.2. The summed E-state index contributed by atoms with van der Waals surface area (Å²) in [6.45, 7) is 4.33. The van der Waals surface area contributed by atoms with E-state index in [0.717, 1.165) is 0 Å². The van der Waals surface area contributed by atoms with Gasteiger partial charge in [-0.15, -0.1) is 6.42 Å². The van der Waals surface area contributed by atoms with Crippen LogP contribution in [-0.4, -0.2) is 0 Å². The van der Waals surface area contributed by atoms with Crippen LogP contribution in [-0.2, 0) is 0 Å². The largest absolute Gasteiger partial charge is 0.204 e. The van der Waals surface area contributed by atoms with Gasteiger partial charge in [-0.1, -0.05) is 5.92 Å². The Bertz CT molecular complexity index is 247. The average Bonchev–Trinajstić information content (AvgIpc) is 2.00. The highest BCUT2D eigenvalue weighted by molar-refractivity contribution is 5.35. The molecule has 0 heterocycles. The Morgan fingerprint density at radius 3 is 1.82 bits per heavy atom. The minimum absolute atomic E-state index is 0.0105. The van der Waals surface area contributed by atoms with Crippen molar-refractivity contribution in [2.75, 3.05) is 0 Å². The van der Waals surface area contributed by atoms with E-state index in [4.69, 9.17) is 6.42 Å². The van der Waals surface area contributed by atoms with Crippen molar-refractivity contribution in [3.63, 3.8) is 0 Å². The fourth-order valence-corrected chi connectivity index (χ4v) is 0.447. The highest BCUT2D eigenvalue weighted by atomic mass is 19.2. The van der Waals surface area contributed by atoms with Crippen LogP contribution in [0.5, 0.6) is 0 Å². The van der Waals surface area contributed by atoms with Crippen LogP contribution in [0.15, 0.2) is 22.8 Å². The molecule has 0 unspecified atom stereocenters. The third kappa shape index (κ3) is 2.55. The second-order valence-corrected chi connectivity index (χ2v) is 2.40. The normalized spacial score (nSPS) is 11.6. The molecule has 0 saturated heterocycles. The van der Waals surface area contributed by atoms with E-state index in [0.29, 0.717) is 0 Å². The number of halogens is 2. The summed E-state index contributed by atoms with van der Waals surface area (Å²) < 4.78 is 25.5. The van der Waals surface area contributed by atoms with Crippen molar-refractivity contribution in [1.82, 2.24) is 0 Å². The SMILES string of the molecule is C#CC(C)=C(F)C(F)=C(C)C. The summed E-state index contributed by atoms with van der Waals surface area (Å²) in [4.78, 5) is 0. The summed E-state index contributed by atoms with van der Waals surface area (Å²) in [6, 6.07) is 0. The van der Waals surface area contributed by atoms with Gasteiger partial charge in [0.15, 0.2) is 11.7 Å². The predicted molar refractivity (Wildman–Crippen MR) is 42.1 cm³/mol. The minimum Gasteiger partial charge on any atom is -0.204 e. The Balaban J connectivity index is 4.95. The molecule has 0 aliphatic heterocycles. The summed E-state index contributed by atoms with van der Waals surface area (Å²) in [5.74, 6) is 0.233. The molecular formula is C9H10F2. The number of hydrogen-bond donors (Lipinski definition) is 0. The van der Waals surface area contributed by atoms with E-state index < -0.39 is 11.7 Å². The second kappa shape index (κ2) is 3.92. The van der Waals surface area contributed by atoms with E-state index >= 15 is 0 Å². The first kappa shape index (κ1) is 9.90. The molecule has 0 aromatic rings. The Morgan fingerprint density at radius 2 is 1.55 bits per heavy atom. The molecule has 0 rings (SSSR count). The predicted octanol–water partition coefficient (Wildman–Crippen LogP) is 3.13. The van der Waals surface area contributed by atoms with Gasteiger partial charge in [0, 0.05) is 5.57 Å². The van der Waals surface area contributed by atoms with Gasteiger partial charge in [0.1, 0.15) is 0 Å². The van der Waals surface area contributed by atoms with E-state index in [2.05, 4.69) is 0 Å². The van der Waals surface area contributed by atoms with Gasteiger partial charge in [-0.3, -0.25) is 0 Å². The number of hydrogen-bond acceptors (Lipinski definition) is 0. The van der Waals surface area contributed by atoms with Gasteiger partial charge in [-0.2, -0.15) is 0 Å². The lowest BCUT2D eigenvalue weighted by Crippen LogP contribution is -1.83. The zero-order chi connectivity index (χ0) is 9.02. The van der Waals surface area contributed by atoms with Crippen molar-refractivity contribution < 1.29 is 8.78 Å². The number of allylic oxidation sites excluding steroid dienone is 4. The maximum Gasteiger partial charge on any atom is 0.169 e. The van der Waals surface area contributed by atoms with Crippen molar-refractivity contribution >= 4 is 0 Å². The van der Waals surface area contributed by atoms with Gasteiger partial charge in [0.2, 0.25) is 0 Å². The Labute approximate surface area is 65.6 Å². The first-order valence-electron chi connectivity index (χ1n) is 3.17. The molecule has 0 aliphatic rings. The number of rotatable bonds is 1. The minimum atomic E-state index is -0.938. The highest BCUT2D eigenvalue weighted by Gasteiger charge is 2.07. The molecule has 0 bridgehead atoms. The molecule has 0 aliphatic carbocycles. The molecular weight excluding hydrogens is 146 g/mol. The zero-order valence-corrected chi connectivity index (χ0v) is 6.83. The molecule has 0 nitrogen and oxygen atoms in total. The third-order valence-corrected chi connectivity index (χ3v) is 1.18. The van der Waals surface area contributed by atoms with Gasteiger partial charge in [0.05, 0.1) is 0 Å². The Morgan fingerprint density at radius 1 is 1.09 bits per heavy atom. The molecule has 0 aromatic heterocycles. The molecule has 60 valence electrons. The van der Waals surface area contributed by atoms with Crippen LogP contribution in [0.25, 0.3) is 0 Å². The summed E-state index contributed by atoms with van der Waals surface area (Å²) in [6.07, 6.45) is 4.87. The molecule has 0 saturated carbocycles. The summed E-state index contributed by atoms with van der Waals surface area (Å²) in [7, 11) is 0. The van der Waals surface area contributed by atoms with E-state index in [9.17, 15) is 8.78 Å². The van der Waals surface area contributed by atoms with Crippen LogP contribution >= 0.6 is 0 Å². The number of terminal acetylenes is 1. The first-order valence-corrected chi connectivity index (χ1v) is 3.17. The highest BCUT2D eigenvalue weighted by Crippen LogP contribution is 2.20. The van der Waals surface area contributed by atoms with Crippen LogP contribution in [0.1, 0.15) is 20.8 Å². The molecule has 11 heavy (non-hydrogen) atoms. The van der Waals surface area contributed by atoms with Crippen LogP contribution in [0, 0.1) is 12.3 Å². The molecule has 0 spiro atoms. The van der Waals surface area contributed by atoms with Gasteiger partial charge >= 0.3 is 0 Å². The maximum absolute atomic E-state index is 12.7. The lowest BCUT2D eigenvalue weighted by molar-refractivity contribution is 0.533. The molecule has 0 fully saturated rings. The molecule has 0 radical (unpaired) electrons. The summed E-state index contributed by atoms with van der Waals surface area (Å²) in [5.41, 5.74) is 0.279. The van der Waals surface area contributed by atoms with Crippen molar-refractivity contribution in [1.29, 1.82) is 0 Å². The smallest absolute Gasteiger partial charge is 0.169 e. The molecule has 0 amide bonds. The fraction of sp³-hybridized carbons (Fsp3) is 0.333. The van der Waals surface area contributed by atoms with Crippen molar-refractivity contribution in [3.05, 3.63) is 22.8 Å². The van der Waals surface area contributed by atoms with Crippen LogP contribution < -0.4 is 0 Å².